The zero-order chi connectivity index (χ0) is 12.3. The zero-order valence-electron chi connectivity index (χ0n) is 9.17. The summed E-state index contributed by atoms with van der Waals surface area (Å²) in [5.74, 6) is 1.73. The Labute approximate surface area is 122 Å². The van der Waals surface area contributed by atoms with Crippen molar-refractivity contribution in [2.24, 2.45) is 0 Å². The summed E-state index contributed by atoms with van der Waals surface area (Å²) in [6, 6.07) is 9.76. The number of furan rings is 1. The highest BCUT2D eigenvalue weighted by molar-refractivity contribution is 14.1. The van der Waals surface area contributed by atoms with Crippen LogP contribution in [0.1, 0.15) is 5.76 Å². The molecule has 3 nitrogen and oxygen atoms in total. The van der Waals surface area contributed by atoms with Gasteiger partial charge in [-0.05, 0) is 46.9 Å². The molecule has 1 N–H and O–H groups in total. The van der Waals surface area contributed by atoms with Crippen molar-refractivity contribution in [3.63, 3.8) is 0 Å². The first-order valence-corrected chi connectivity index (χ1v) is 6.87. The molecule has 0 spiro atoms. The van der Waals surface area contributed by atoms with Gasteiger partial charge in [0.15, 0.2) is 3.77 Å². The van der Waals surface area contributed by atoms with Gasteiger partial charge in [0.05, 0.1) is 13.7 Å². The van der Waals surface area contributed by atoms with E-state index in [1.54, 1.807) is 7.11 Å². The van der Waals surface area contributed by atoms with Gasteiger partial charge >= 0.3 is 0 Å². The maximum Gasteiger partial charge on any atom is 0.164 e. The lowest BCUT2D eigenvalue weighted by molar-refractivity contribution is 0.414. The maximum atomic E-state index is 5.47. The van der Waals surface area contributed by atoms with Crippen LogP contribution >= 0.6 is 38.5 Å². The molecule has 0 aliphatic carbocycles. The van der Waals surface area contributed by atoms with Crippen LogP contribution in [-0.4, -0.2) is 7.11 Å². The van der Waals surface area contributed by atoms with Gasteiger partial charge in [-0.3, -0.25) is 0 Å². The molecule has 0 atom stereocenters. The Morgan fingerprint density at radius 3 is 2.82 bits per heavy atom. The molecule has 0 bridgehead atoms. The van der Waals surface area contributed by atoms with Gasteiger partial charge in [-0.1, -0.05) is 15.9 Å². The van der Waals surface area contributed by atoms with Gasteiger partial charge in [-0.25, -0.2) is 0 Å². The lowest BCUT2D eigenvalue weighted by Gasteiger charge is -2.07. The van der Waals surface area contributed by atoms with Gasteiger partial charge < -0.3 is 14.5 Å². The normalized spacial score (nSPS) is 10.3. The number of methoxy groups -OCH3 is 1. The molecule has 5 heteroatoms. The number of ether oxygens (including phenoxy) is 1. The molecule has 0 amide bonds. The number of halogens is 2. The molecule has 17 heavy (non-hydrogen) atoms. The van der Waals surface area contributed by atoms with Crippen LogP contribution in [0.25, 0.3) is 0 Å². The molecule has 0 aliphatic heterocycles. The Hall–Kier alpha value is -0.690. The Balaban J connectivity index is 2.05. The minimum absolute atomic E-state index is 0.655. The van der Waals surface area contributed by atoms with Gasteiger partial charge in [0, 0.05) is 16.2 Å². The number of anilines is 1. The van der Waals surface area contributed by atoms with Crippen LogP contribution in [0.5, 0.6) is 5.75 Å². The average molecular weight is 408 g/mol. The molecule has 0 saturated heterocycles. The third-order valence-electron chi connectivity index (χ3n) is 2.20. The molecular weight excluding hydrogens is 397 g/mol. The minimum Gasteiger partial charge on any atom is -0.497 e. The van der Waals surface area contributed by atoms with Crippen molar-refractivity contribution in [1.82, 2.24) is 0 Å². The van der Waals surface area contributed by atoms with E-state index in [0.717, 1.165) is 25.4 Å². The topological polar surface area (TPSA) is 34.4 Å². The standard InChI is InChI=1S/C12H11BrINO2/c1-16-11-5-8(13)4-9(6-11)15-7-10-2-3-12(14)17-10/h2-6,15H,7H2,1H3. The lowest BCUT2D eigenvalue weighted by atomic mass is 10.3. The fraction of sp³-hybridized carbons (Fsp3) is 0.167. The first-order valence-electron chi connectivity index (χ1n) is 5.00. The van der Waals surface area contributed by atoms with Gasteiger partial charge in [0.2, 0.25) is 0 Å². The Bertz CT molecular complexity index is 513. The molecule has 0 aliphatic rings. The predicted octanol–water partition coefficient (Wildman–Crippen LogP) is 4.27. The highest BCUT2D eigenvalue weighted by Gasteiger charge is 2.02. The summed E-state index contributed by atoms with van der Waals surface area (Å²) < 4.78 is 12.5. The van der Waals surface area contributed by atoms with Crippen molar-refractivity contribution in [3.05, 3.63) is 44.3 Å². The molecule has 0 fully saturated rings. The van der Waals surface area contributed by atoms with E-state index in [9.17, 15) is 0 Å². The van der Waals surface area contributed by atoms with Crippen LogP contribution in [0.15, 0.2) is 39.2 Å². The molecule has 2 aromatic rings. The summed E-state index contributed by atoms with van der Waals surface area (Å²) in [7, 11) is 1.65. The fourth-order valence-corrected chi connectivity index (χ4v) is 2.35. The summed E-state index contributed by atoms with van der Waals surface area (Å²) in [6.07, 6.45) is 0. The van der Waals surface area contributed by atoms with Crippen molar-refractivity contribution in [1.29, 1.82) is 0 Å². The van der Waals surface area contributed by atoms with E-state index >= 15 is 0 Å². The van der Waals surface area contributed by atoms with E-state index in [4.69, 9.17) is 9.15 Å². The monoisotopic (exact) mass is 407 g/mol. The predicted molar refractivity (Wildman–Crippen MR) is 79.4 cm³/mol. The van der Waals surface area contributed by atoms with Crippen molar-refractivity contribution < 1.29 is 9.15 Å². The van der Waals surface area contributed by atoms with Crippen LogP contribution in [0.4, 0.5) is 5.69 Å². The summed E-state index contributed by atoms with van der Waals surface area (Å²) in [6.45, 7) is 0.655. The van der Waals surface area contributed by atoms with Gasteiger partial charge in [0.1, 0.15) is 11.5 Å². The first-order chi connectivity index (χ1) is 8.17. The fourth-order valence-electron chi connectivity index (χ4n) is 1.42. The minimum atomic E-state index is 0.655. The molecular formula is C12H11BrINO2. The highest BCUT2D eigenvalue weighted by atomic mass is 127. The zero-order valence-corrected chi connectivity index (χ0v) is 12.9. The van der Waals surface area contributed by atoms with E-state index in [2.05, 4.69) is 43.8 Å². The summed E-state index contributed by atoms with van der Waals surface area (Å²) in [5.41, 5.74) is 0.989. The second-order valence-electron chi connectivity index (χ2n) is 3.44. The molecule has 1 heterocycles. The van der Waals surface area contributed by atoms with E-state index in [-0.39, 0.29) is 0 Å². The maximum absolute atomic E-state index is 5.47. The number of hydrogen-bond acceptors (Lipinski definition) is 3. The summed E-state index contributed by atoms with van der Waals surface area (Å²) >= 11 is 5.59. The number of benzene rings is 1. The Morgan fingerprint density at radius 2 is 2.18 bits per heavy atom. The molecule has 0 unspecified atom stereocenters. The van der Waals surface area contributed by atoms with Crippen molar-refractivity contribution in [2.45, 2.75) is 6.54 Å². The van der Waals surface area contributed by atoms with Crippen molar-refractivity contribution >= 4 is 44.2 Å². The van der Waals surface area contributed by atoms with Crippen LogP contribution in [0.2, 0.25) is 0 Å². The van der Waals surface area contributed by atoms with Crippen LogP contribution in [-0.2, 0) is 6.54 Å². The van der Waals surface area contributed by atoms with E-state index in [1.165, 1.54) is 0 Å². The van der Waals surface area contributed by atoms with Gasteiger partial charge in [0.25, 0.3) is 0 Å². The van der Waals surface area contributed by atoms with Gasteiger partial charge in [-0.2, -0.15) is 0 Å². The van der Waals surface area contributed by atoms with E-state index < -0.39 is 0 Å². The highest BCUT2D eigenvalue weighted by Crippen LogP contribution is 2.25. The SMILES string of the molecule is COc1cc(Br)cc(NCc2ccc(I)o2)c1. The Morgan fingerprint density at radius 1 is 1.35 bits per heavy atom. The van der Waals surface area contributed by atoms with E-state index in [0.29, 0.717) is 6.54 Å². The third kappa shape index (κ3) is 3.64. The van der Waals surface area contributed by atoms with Crippen LogP contribution in [0, 0.1) is 3.77 Å². The second-order valence-corrected chi connectivity index (χ2v) is 5.42. The number of rotatable bonds is 4. The largest absolute Gasteiger partial charge is 0.497 e. The molecule has 90 valence electrons. The average Bonchev–Trinajstić information content (AvgIpc) is 2.72. The Kier molecular flexibility index (Phi) is 4.33. The second kappa shape index (κ2) is 5.77. The third-order valence-corrected chi connectivity index (χ3v) is 3.24. The molecule has 1 aromatic carbocycles. The lowest BCUT2D eigenvalue weighted by Crippen LogP contribution is -1.98. The number of hydrogen-bond donors (Lipinski definition) is 1. The quantitative estimate of drug-likeness (QED) is 0.768. The molecule has 0 saturated carbocycles. The molecule has 2 rings (SSSR count). The van der Waals surface area contributed by atoms with Crippen LogP contribution in [0.3, 0.4) is 0 Å². The summed E-state index contributed by atoms with van der Waals surface area (Å²) in [5, 5.41) is 3.28. The summed E-state index contributed by atoms with van der Waals surface area (Å²) in [4.78, 5) is 0. The number of nitrogens with one attached hydrogen (secondary N) is 1. The first kappa shape index (κ1) is 12.8. The molecule has 1 aromatic heterocycles. The van der Waals surface area contributed by atoms with E-state index in [1.807, 2.05) is 30.3 Å². The van der Waals surface area contributed by atoms with Crippen molar-refractivity contribution in [3.8, 4) is 5.75 Å². The van der Waals surface area contributed by atoms with Gasteiger partial charge in [-0.15, -0.1) is 0 Å². The molecule has 0 radical (unpaired) electrons. The smallest absolute Gasteiger partial charge is 0.164 e. The van der Waals surface area contributed by atoms with Crippen LogP contribution < -0.4 is 10.1 Å². The van der Waals surface area contributed by atoms with Crippen molar-refractivity contribution in [2.75, 3.05) is 12.4 Å².